The number of amides is 1. The monoisotopic (exact) mass is 403 g/mol. The molecule has 20 heavy (non-hydrogen) atoms. The molecule has 1 N–H and O–H groups in total. The van der Waals surface area contributed by atoms with Gasteiger partial charge in [0, 0.05) is 17.5 Å². The molecule has 6 heteroatoms. The summed E-state index contributed by atoms with van der Waals surface area (Å²) in [7, 11) is 3.21. The van der Waals surface area contributed by atoms with Crippen molar-refractivity contribution in [2.45, 2.75) is 6.54 Å². The van der Waals surface area contributed by atoms with Gasteiger partial charge in [-0.2, -0.15) is 0 Å². The van der Waals surface area contributed by atoms with E-state index in [0.717, 1.165) is 19.9 Å². The number of carbonyl (C=O) groups is 1. The lowest BCUT2D eigenvalue weighted by atomic mass is 10.2. The van der Waals surface area contributed by atoms with Gasteiger partial charge >= 0.3 is 0 Å². The van der Waals surface area contributed by atoms with E-state index in [1.165, 1.54) is 0 Å². The average Bonchev–Trinajstić information content (AvgIpc) is 2.91. The van der Waals surface area contributed by atoms with Crippen LogP contribution in [-0.4, -0.2) is 20.1 Å². The molecule has 0 radical (unpaired) electrons. The zero-order valence-corrected chi connectivity index (χ0v) is 14.1. The van der Waals surface area contributed by atoms with E-state index in [-0.39, 0.29) is 5.91 Å². The molecule has 0 aliphatic carbocycles. The quantitative estimate of drug-likeness (QED) is 0.780. The van der Waals surface area contributed by atoms with Crippen LogP contribution in [0.2, 0.25) is 0 Å². The molecule has 2 aromatic rings. The van der Waals surface area contributed by atoms with Crippen molar-refractivity contribution in [2.75, 3.05) is 14.2 Å². The number of thiophene rings is 1. The first-order valence-corrected chi connectivity index (χ1v) is 7.83. The Kier molecular flexibility index (Phi) is 5.24. The summed E-state index contributed by atoms with van der Waals surface area (Å²) in [6, 6.07) is 7.37. The minimum atomic E-state index is -0.0889. The summed E-state index contributed by atoms with van der Waals surface area (Å²) in [6.45, 7) is 0.394. The van der Waals surface area contributed by atoms with E-state index in [4.69, 9.17) is 9.47 Å². The molecular formula is C14H14INO3S. The Morgan fingerprint density at radius 2 is 2.10 bits per heavy atom. The van der Waals surface area contributed by atoms with Crippen LogP contribution < -0.4 is 14.8 Å². The van der Waals surface area contributed by atoms with Crippen LogP contribution in [0.25, 0.3) is 0 Å². The minimum Gasteiger partial charge on any atom is -0.497 e. The van der Waals surface area contributed by atoms with E-state index in [2.05, 4.69) is 27.9 Å². The fraction of sp³-hybridized carbons (Fsp3) is 0.214. The van der Waals surface area contributed by atoms with Crippen LogP contribution in [0.3, 0.4) is 0 Å². The molecule has 2 rings (SSSR count). The maximum atomic E-state index is 12.0. The molecule has 0 aliphatic heterocycles. The number of hydrogen-bond donors (Lipinski definition) is 1. The van der Waals surface area contributed by atoms with Gasteiger partial charge in [0.25, 0.3) is 5.91 Å². The molecule has 0 unspecified atom stereocenters. The number of ether oxygens (including phenoxy) is 2. The van der Waals surface area contributed by atoms with Crippen LogP contribution in [0.5, 0.6) is 11.5 Å². The lowest BCUT2D eigenvalue weighted by Crippen LogP contribution is -2.22. The maximum absolute atomic E-state index is 12.0. The first-order chi connectivity index (χ1) is 9.63. The number of methoxy groups -OCH3 is 2. The summed E-state index contributed by atoms with van der Waals surface area (Å²) in [4.78, 5) is 12.0. The first-order valence-electron chi connectivity index (χ1n) is 5.87. The van der Waals surface area contributed by atoms with Crippen LogP contribution in [0, 0.1) is 2.88 Å². The molecule has 1 amide bonds. The lowest BCUT2D eigenvalue weighted by Gasteiger charge is -2.11. The van der Waals surface area contributed by atoms with Crippen molar-refractivity contribution >= 4 is 39.8 Å². The Morgan fingerprint density at radius 3 is 2.70 bits per heavy atom. The highest BCUT2D eigenvalue weighted by Gasteiger charge is 2.10. The Labute approximate surface area is 135 Å². The Bertz CT molecular complexity index is 612. The van der Waals surface area contributed by atoms with Gasteiger partial charge < -0.3 is 14.8 Å². The fourth-order valence-electron chi connectivity index (χ4n) is 1.73. The molecule has 4 nitrogen and oxygen atoms in total. The Hall–Kier alpha value is -1.28. The second kappa shape index (κ2) is 6.94. The smallest absolute Gasteiger partial charge is 0.252 e. The molecule has 0 spiro atoms. The van der Waals surface area contributed by atoms with E-state index in [0.29, 0.717) is 12.1 Å². The lowest BCUT2D eigenvalue weighted by molar-refractivity contribution is 0.0951. The van der Waals surface area contributed by atoms with Crippen molar-refractivity contribution in [1.82, 2.24) is 5.32 Å². The van der Waals surface area contributed by atoms with Gasteiger partial charge in [-0.15, -0.1) is 11.3 Å². The second-order valence-electron chi connectivity index (χ2n) is 4.00. The third-order valence-electron chi connectivity index (χ3n) is 2.76. The van der Waals surface area contributed by atoms with E-state index in [1.54, 1.807) is 25.6 Å². The number of hydrogen-bond acceptors (Lipinski definition) is 4. The molecule has 0 saturated heterocycles. The number of carbonyl (C=O) groups excluding carboxylic acids is 1. The highest BCUT2D eigenvalue weighted by Crippen LogP contribution is 2.24. The van der Waals surface area contributed by atoms with Crippen molar-refractivity contribution < 1.29 is 14.3 Å². The minimum absolute atomic E-state index is 0.0889. The molecule has 0 atom stereocenters. The van der Waals surface area contributed by atoms with Gasteiger partial charge in [-0.25, -0.2) is 0 Å². The molecule has 0 aliphatic rings. The van der Waals surface area contributed by atoms with Gasteiger partial charge in [-0.3, -0.25) is 4.79 Å². The van der Waals surface area contributed by atoms with Gasteiger partial charge in [0.1, 0.15) is 11.5 Å². The van der Waals surface area contributed by atoms with Gasteiger partial charge in [-0.1, -0.05) is 0 Å². The average molecular weight is 403 g/mol. The van der Waals surface area contributed by atoms with Crippen LogP contribution in [0.1, 0.15) is 15.9 Å². The summed E-state index contributed by atoms with van der Waals surface area (Å²) in [5, 5.41) is 4.73. The highest BCUT2D eigenvalue weighted by molar-refractivity contribution is 14.1. The summed E-state index contributed by atoms with van der Waals surface area (Å²) in [6.07, 6.45) is 0. The predicted molar refractivity (Wildman–Crippen MR) is 87.8 cm³/mol. The van der Waals surface area contributed by atoms with Crippen molar-refractivity contribution in [3.05, 3.63) is 43.7 Å². The molecule has 1 aromatic carbocycles. The van der Waals surface area contributed by atoms with Crippen LogP contribution in [0.4, 0.5) is 0 Å². The predicted octanol–water partition coefficient (Wildman–Crippen LogP) is 3.30. The normalized spacial score (nSPS) is 10.2. The van der Waals surface area contributed by atoms with E-state index in [1.807, 2.05) is 29.6 Å². The van der Waals surface area contributed by atoms with E-state index >= 15 is 0 Å². The van der Waals surface area contributed by atoms with Gasteiger partial charge in [-0.05, 0) is 46.9 Å². The summed E-state index contributed by atoms with van der Waals surface area (Å²) in [5.41, 5.74) is 1.56. The van der Waals surface area contributed by atoms with Crippen molar-refractivity contribution in [3.8, 4) is 11.5 Å². The molecule has 1 aromatic heterocycles. The van der Waals surface area contributed by atoms with Gasteiger partial charge in [0.15, 0.2) is 0 Å². The molecule has 0 saturated carbocycles. The molecular weight excluding hydrogens is 389 g/mol. The zero-order valence-electron chi connectivity index (χ0n) is 11.1. The van der Waals surface area contributed by atoms with Crippen LogP contribution >= 0.6 is 33.9 Å². The number of rotatable bonds is 5. The first kappa shape index (κ1) is 15.1. The molecule has 1 heterocycles. The standard InChI is InChI=1S/C14H14INO3S/c1-18-11-3-4-12(19-2)9(5-11)7-16-14(17)10-6-13(15)20-8-10/h3-6,8H,7H2,1-2H3,(H,16,17). The van der Waals surface area contributed by atoms with Gasteiger partial charge in [0.2, 0.25) is 0 Å². The summed E-state index contributed by atoms with van der Waals surface area (Å²) < 4.78 is 11.6. The fourth-order valence-corrected chi connectivity index (χ4v) is 3.05. The summed E-state index contributed by atoms with van der Waals surface area (Å²) in [5.74, 6) is 1.38. The van der Waals surface area contributed by atoms with Crippen LogP contribution in [0.15, 0.2) is 29.6 Å². The highest BCUT2D eigenvalue weighted by atomic mass is 127. The van der Waals surface area contributed by atoms with Crippen molar-refractivity contribution in [2.24, 2.45) is 0 Å². The second-order valence-corrected chi connectivity index (χ2v) is 6.81. The SMILES string of the molecule is COc1ccc(OC)c(CNC(=O)c2csc(I)c2)c1. The number of nitrogens with one attached hydrogen (secondary N) is 1. The molecule has 106 valence electrons. The Balaban J connectivity index is 2.08. The summed E-state index contributed by atoms with van der Waals surface area (Å²) >= 11 is 3.75. The largest absolute Gasteiger partial charge is 0.497 e. The third kappa shape index (κ3) is 3.63. The van der Waals surface area contributed by atoms with E-state index < -0.39 is 0 Å². The molecule has 0 bridgehead atoms. The van der Waals surface area contributed by atoms with Gasteiger partial charge in [0.05, 0.1) is 22.7 Å². The molecule has 0 fully saturated rings. The third-order valence-corrected chi connectivity index (χ3v) is 4.55. The topological polar surface area (TPSA) is 47.6 Å². The maximum Gasteiger partial charge on any atom is 0.252 e. The van der Waals surface area contributed by atoms with E-state index in [9.17, 15) is 4.79 Å². The number of benzene rings is 1. The van der Waals surface area contributed by atoms with Crippen LogP contribution in [-0.2, 0) is 6.54 Å². The van der Waals surface area contributed by atoms with Crippen molar-refractivity contribution in [3.63, 3.8) is 0 Å². The number of halogens is 1. The Morgan fingerprint density at radius 1 is 1.30 bits per heavy atom. The van der Waals surface area contributed by atoms with Crippen molar-refractivity contribution in [1.29, 1.82) is 0 Å². The zero-order chi connectivity index (χ0) is 14.5.